The average molecular weight is 374 g/mol. The Morgan fingerprint density at radius 2 is 1.88 bits per heavy atom. The van der Waals surface area contributed by atoms with Crippen molar-refractivity contribution in [3.63, 3.8) is 0 Å². The Morgan fingerprint density at radius 1 is 1.19 bits per heavy atom. The quantitative estimate of drug-likeness (QED) is 0.673. The van der Waals surface area contributed by atoms with E-state index in [0.717, 1.165) is 11.3 Å². The predicted octanol–water partition coefficient (Wildman–Crippen LogP) is 1.06. The fraction of sp³-hybridized carbons (Fsp3) is 0.250. The maximum atomic E-state index is 12.5. The van der Waals surface area contributed by atoms with E-state index in [1.807, 2.05) is 35.9 Å². The Bertz CT molecular complexity index is 844. The third kappa shape index (κ3) is 6.69. The van der Waals surface area contributed by atoms with Crippen LogP contribution in [0.25, 0.3) is 0 Å². The van der Waals surface area contributed by atoms with Crippen molar-refractivity contribution in [2.45, 2.75) is 31.7 Å². The fourth-order valence-electron chi connectivity index (χ4n) is 2.04. The molecule has 0 atom stereocenters. The van der Waals surface area contributed by atoms with Crippen molar-refractivity contribution in [2.24, 2.45) is 0 Å². The van der Waals surface area contributed by atoms with Crippen LogP contribution in [0.15, 0.2) is 47.6 Å². The molecule has 10 heteroatoms. The summed E-state index contributed by atoms with van der Waals surface area (Å²) >= 11 is 0. The van der Waals surface area contributed by atoms with Gasteiger partial charge in [0.1, 0.15) is 4.90 Å². The number of carbonyl (C=O) groups is 1. The van der Waals surface area contributed by atoms with E-state index in [4.69, 9.17) is 0 Å². The van der Waals surface area contributed by atoms with E-state index in [9.17, 15) is 13.2 Å². The van der Waals surface area contributed by atoms with Crippen LogP contribution in [0.5, 0.6) is 0 Å². The zero-order valence-corrected chi connectivity index (χ0v) is 15.0. The molecule has 138 valence electrons. The summed E-state index contributed by atoms with van der Waals surface area (Å²) in [5.41, 5.74) is 2.11. The molecule has 0 saturated heterocycles. The van der Waals surface area contributed by atoms with Crippen LogP contribution in [-0.4, -0.2) is 49.8 Å². The molecular formula is C16H23LiN4O4S. The van der Waals surface area contributed by atoms with Crippen LogP contribution < -0.4 is 15.4 Å². The molecule has 26 heavy (non-hydrogen) atoms. The minimum absolute atomic E-state index is 0. The van der Waals surface area contributed by atoms with Crippen molar-refractivity contribution in [2.75, 3.05) is 5.32 Å². The number of hydrogen-bond donors (Lipinski definition) is 3. The second-order valence-corrected chi connectivity index (χ2v) is 7.25. The molecule has 2 rings (SSSR count). The Balaban J connectivity index is 0.00000312. The molecule has 0 bridgehead atoms. The molecule has 0 fully saturated rings. The van der Waals surface area contributed by atoms with Crippen LogP contribution in [-0.2, 0) is 10.0 Å². The first-order valence-electron chi connectivity index (χ1n) is 7.39. The summed E-state index contributed by atoms with van der Waals surface area (Å²) < 4.78 is 26.9. The molecule has 0 aliphatic carbocycles. The fourth-order valence-corrected chi connectivity index (χ4v) is 3.07. The number of sulfonamides is 1. The number of nitrogens with zero attached hydrogens (tertiary/aromatic N) is 1. The molecule has 8 nitrogen and oxygen atoms in total. The number of hydrogen-bond acceptors (Lipinski definition) is 5. The molecule has 1 heterocycles. The zero-order valence-electron chi connectivity index (χ0n) is 14.2. The van der Waals surface area contributed by atoms with Gasteiger partial charge in [0.05, 0.1) is 5.69 Å². The monoisotopic (exact) mass is 374 g/mol. The molecular weight excluding hydrogens is 351 g/mol. The predicted molar refractivity (Wildman–Crippen MR) is 103 cm³/mol. The Kier molecular flexibility index (Phi) is 9.38. The van der Waals surface area contributed by atoms with Gasteiger partial charge in [-0.2, -0.15) is 0 Å². The number of nitrogens with one attached hydrogen (secondary N) is 3. The number of amides is 2. The summed E-state index contributed by atoms with van der Waals surface area (Å²) in [6.07, 6.45) is 2.68. The first-order chi connectivity index (χ1) is 11.3. The van der Waals surface area contributed by atoms with Gasteiger partial charge in [-0.25, -0.2) is 17.9 Å². The summed E-state index contributed by atoms with van der Waals surface area (Å²) in [6, 6.07) is 8.08. The van der Waals surface area contributed by atoms with E-state index < -0.39 is 16.1 Å². The molecule has 0 spiro atoms. The topological polar surface area (TPSA) is 132 Å². The van der Waals surface area contributed by atoms with Crippen LogP contribution >= 0.6 is 0 Å². The summed E-state index contributed by atoms with van der Waals surface area (Å²) in [5, 5.41) is 5.52. The maximum absolute atomic E-state index is 12.5. The number of carbonyl (C=O) groups excluding carboxylic acids is 1. The third-order valence-electron chi connectivity index (χ3n) is 3.02. The molecule has 0 unspecified atom stereocenters. The number of benzene rings is 1. The second-order valence-electron chi connectivity index (χ2n) is 5.60. The van der Waals surface area contributed by atoms with Crippen molar-refractivity contribution in [3.8, 4) is 0 Å². The Hall–Kier alpha value is -2.05. The zero-order chi connectivity index (χ0) is 17.7. The molecule has 1 aromatic heterocycles. The van der Waals surface area contributed by atoms with Crippen LogP contribution in [0.1, 0.15) is 19.4 Å². The minimum atomic E-state index is -4.05. The van der Waals surface area contributed by atoms with Gasteiger partial charge < -0.3 is 16.1 Å². The number of rotatable bonds is 5. The first-order valence-corrected chi connectivity index (χ1v) is 8.87. The van der Waals surface area contributed by atoms with Gasteiger partial charge in [-0.1, -0.05) is 12.1 Å². The van der Waals surface area contributed by atoms with Crippen molar-refractivity contribution >= 4 is 46.3 Å². The molecule has 2 amide bonds. The van der Waals surface area contributed by atoms with Gasteiger partial charge in [0.25, 0.3) is 10.0 Å². The molecule has 5 N–H and O–H groups in total. The molecule has 0 aliphatic heterocycles. The average Bonchev–Trinajstić information content (AvgIpc) is 2.46. The molecule has 0 aliphatic rings. The number of anilines is 2. The van der Waals surface area contributed by atoms with Gasteiger partial charge in [0, 0.05) is 24.1 Å². The summed E-state index contributed by atoms with van der Waals surface area (Å²) in [7, 11) is -4.05. The summed E-state index contributed by atoms with van der Waals surface area (Å²) in [4.78, 5) is 15.5. The number of urea groups is 1. The molecule has 2 aromatic rings. The number of aromatic nitrogens is 1. The normalized spacial score (nSPS) is 10.3. The van der Waals surface area contributed by atoms with Gasteiger partial charge in [-0.3, -0.25) is 4.98 Å². The standard InChI is InChI=1S/C16H20N4O3S.Li.H2O.H/c1-11(2)18-16(21)20-24(22,23)15-10-17-8-7-14(15)19-13-6-4-5-12(3)9-13;;;/h4-11H,1-3H3,(H,17,19)(H2,18,20,21);;1H2;. The van der Waals surface area contributed by atoms with Crippen LogP contribution in [0.2, 0.25) is 0 Å². The summed E-state index contributed by atoms with van der Waals surface area (Å²) in [6.45, 7) is 5.41. The second kappa shape index (κ2) is 10.2. The van der Waals surface area contributed by atoms with E-state index in [-0.39, 0.29) is 35.3 Å². The van der Waals surface area contributed by atoms with Crippen molar-refractivity contribution in [1.29, 1.82) is 0 Å². The van der Waals surface area contributed by atoms with Crippen molar-refractivity contribution < 1.29 is 18.7 Å². The summed E-state index contributed by atoms with van der Waals surface area (Å²) in [5.74, 6) is 0. The number of pyridine rings is 1. The Morgan fingerprint density at radius 3 is 2.50 bits per heavy atom. The van der Waals surface area contributed by atoms with Crippen molar-refractivity contribution in [3.05, 3.63) is 48.3 Å². The van der Waals surface area contributed by atoms with Gasteiger partial charge >= 0.3 is 24.9 Å². The van der Waals surface area contributed by atoms with E-state index >= 15 is 0 Å². The first kappa shape index (κ1) is 23.9. The molecule has 1 aromatic carbocycles. The molecule has 0 radical (unpaired) electrons. The SMILES string of the molecule is Cc1cccc(Nc2ccncc2S(=O)(=O)NC(=O)NC(C)C)c1.O.[LiH]. The Labute approximate surface area is 165 Å². The van der Waals surface area contributed by atoms with E-state index in [1.165, 1.54) is 18.5 Å². The van der Waals surface area contributed by atoms with Gasteiger partial charge in [0.15, 0.2) is 0 Å². The number of aryl methyl sites for hydroxylation is 1. The van der Waals surface area contributed by atoms with E-state index in [2.05, 4.69) is 15.6 Å². The molecule has 0 saturated carbocycles. The van der Waals surface area contributed by atoms with Crippen LogP contribution in [0, 0.1) is 6.92 Å². The van der Waals surface area contributed by atoms with E-state index in [0.29, 0.717) is 5.69 Å². The van der Waals surface area contributed by atoms with E-state index in [1.54, 1.807) is 13.8 Å². The van der Waals surface area contributed by atoms with Crippen LogP contribution in [0.3, 0.4) is 0 Å². The van der Waals surface area contributed by atoms with Crippen LogP contribution in [0.4, 0.5) is 16.2 Å². The van der Waals surface area contributed by atoms with Gasteiger partial charge in [-0.15, -0.1) is 0 Å². The van der Waals surface area contributed by atoms with Gasteiger partial charge in [0.2, 0.25) is 0 Å². The van der Waals surface area contributed by atoms with Crippen molar-refractivity contribution in [1.82, 2.24) is 15.0 Å². The third-order valence-corrected chi connectivity index (χ3v) is 4.38. The van der Waals surface area contributed by atoms with Gasteiger partial charge in [-0.05, 0) is 44.5 Å².